The summed E-state index contributed by atoms with van der Waals surface area (Å²) in [6, 6.07) is 17.2. The van der Waals surface area contributed by atoms with E-state index in [4.69, 9.17) is 12.2 Å². The van der Waals surface area contributed by atoms with Crippen LogP contribution in [0.1, 0.15) is 48.8 Å². The number of anilines is 1. The third-order valence-corrected chi connectivity index (χ3v) is 5.40. The molecule has 0 saturated carbocycles. The van der Waals surface area contributed by atoms with Crippen molar-refractivity contribution in [1.29, 1.82) is 0 Å². The van der Waals surface area contributed by atoms with Gasteiger partial charge in [-0.05, 0) is 68.9 Å². The van der Waals surface area contributed by atoms with Gasteiger partial charge in [0, 0.05) is 30.3 Å². The second-order valence-electron chi connectivity index (χ2n) is 7.32. The second-order valence-corrected chi connectivity index (χ2v) is 7.70. The van der Waals surface area contributed by atoms with Crippen molar-refractivity contribution in [2.45, 2.75) is 38.9 Å². The van der Waals surface area contributed by atoms with Gasteiger partial charge in [0.05, 0.1) is 17.8 Å². The van der Waals surface area contributed by atoms with E-state index in [9.17, 15) is 0 Å². The van der Waals surface area contributed by atoms with Crippen molar-refractivity contribution in [2.75, 3.05) is 4.90 Å². The van der Waals surface area contributed by atoms with Gasteiger partial charge in [-0.3, -0.25) is 4.98 Å². The Labute approximate surface area is 165 Å². The topological polar surface area (TPSA) is 33.1 Å². The molecule has 1 N–H and O–H groups in total. The summed E-state index contributed by atoms with van der Waals surface area (Å²) in [4.78, 5) is 6.82. The number of thiocarbonyl (C=S) groups is 1. The third-order valence-electron chi connectivity index (χ3n) is 5.09. The average molecular weight is 377 g/mol. The first-order valence-corrected chi connectivity index (χ1v) is 9.70. The first-order valence-electron chi connectivity index (χ1n) is 9.29. The lowest BCUT2D eigenvalue weighted by molar-refractivity contribution is 0.560. The van der Waals surface area contributed by atoms with E-state index in [2.05, 4.69) is 89.3 Å². The minimum atomic E-state index is 0.00279. The molecule has 1 aromatic carbocycles. The van der Waals surface area contributed by atoms with E-state index in [0.717, 1.165) is 16.5 Å². The van der Waals surface area contributed by atoms with Crippen molar-refractivity contribution >= 4 is 23.0 Å². The highest BCUT2D eigenvalue weighted by molar-refractivity contribution is 7.80. The smallest absolute Gasteiger partial charge is 0.174 e. The molecule has 0 unspecified atom stereocenters. The lowest BCUT2D eigenvalue weighted by Crippen LogP contribution is -2.29. The molecule has 0 spiro atoms. The summed E-state index contributed by atoms with van der Waals surface area (Å²) in [5.41, 5.74) is 4.56. The maximum Gasteiger partial charge on any atom is 0.174 e. The lowest BCUT2D eigenvalue weighted by Gasteiger charge is -2.27. The number of hydrogen-bond donors (Lipinski definition) is 1. The van der Waals surface area contributed by atoms with Gasteiger partial charge < -0.3 is 14.8 Å². The van der Waals surface area contributed by atoms with Crippen LogP contribution in [0.4, 0.5) is 5.69 Å². The third kappa shape index (κ3) is 3.35. The quantitative estimate of drug-likeness (QED) is 0.653. The van der Waals surface area contributed by atoms with Crippen LogP contribution in [0, 0.1) is 6.92 Å². The largest absolute Gasteiger partial charge is 0.351 e. The van der Waals surface area contributed by atoms with Gasteiger partial charge in [0.2, 0.25) is 0 Å². The van der Waals surface area contributed by atoms with Crippen LogP contribution in [0.25, 0.3) is 0 Å². The van der Waals surface area contributed by atoms with Crippen LogP contribution in [-0.4, -0.2) is 14.7 Å². The van der Waals surface area contributed by atoms with Crippen LogP contribution in [0.5, 0.6) is 0 Å². The Bertz CT molecular complexity index is 930. The molecule has 0 aliphatic carbocycles. The Balaban J connectivity index is 1.81. The number of nitrogens with one attached hydrogen (secondary N) is 1. The highest BCUT2D eigenvalue weighted by Crippen LogP contribution is 2.41. The molecule has 1 saturated heterocycles. The zero-order valence-corrected chi connectivity index (χ0v) is 16.6. The van der Waals surface area contributed by atoms with Crippen LogP contribution >= 0.6 is 12.2 Å². The average Bonchev–Trinajstić information content (AvgIpc) is 3.28. The molecule has 1 fully saturated rings. The zero-order chi connectivity index (χ0) is 19.0. The molecule has 2 atom stereocenters. The number of aromatic nitrogens is 2. The Morgan fingerprint density at radius 3 is 2.48 bits per heavy atom. The molecule has 5 heteroatoms. The number of aryl methyl sites for hydroxylation is 1. The normalized spacial score (nSPS) is 19.6. The van der Waals surface area contributed by atoms with E-state index in [0.29, 0.717) is 6.04 Å². The Morgan fingerprint density at radius 1 is 1.07 bits per heavy atom. The van der Waals surface area contributed by atoms with Crippen LogP contribution in [0.15, 0.2) is 67.1 Å². The Hall–Kier alpha value is -2.66. The van der Waals surface area contributed by atoms with Gasteiger partial charge in [0.1, 0.15) is 0 Å². The molecule has 0 radical (unpaired) electrons. The number of benzene rings is 1. The van der Waals surface area contributed by atoms with Gasteiger partial charge >= 0.3 is 0 Å². The Kier molecular flexibility index (Phi) is 4.70. The highest BCUT2D eigenvalue weighted by atomic mass is 32.1. The van der Waals surface area contributed by atoms with Crippen LogP contribution in [0.3, 0.4) is 0 Å². The fourth-order valence-corrected chi connectivity index (χ4v) is 3.95. The molecule has 4 rings (SSSR count). The number of hydrogen-bond acceptors (Lipinski definition) is 2. The molecule has 3 heterocycles. The van der Waals surface area contributed by atoms with Gasteiger partial charge in [-0.1, -0.05) is 23.8 Å². The number of rotatable bonds is 4. The van der Waals surface area contributed by atoms with Gasteiger partial charge in [0.25, 0.3) is 0 Å². The molecular weight excluding hydrogens is 352 g/mol. The van der Waals surface area contributed by atoms with Crippen molar-refractivity contribution in [1.82, 2.24) is 14.9 Å². The fourth-order valence-electron chi connectivity index (χ4n) is 3.60. The zero-order valence-electron chi connectivity index (χ0n) is 15.8. The van der Waals surface area contributed by atoms with Crippen LogP contribution in [-0.2, 0) is 0 Å². The maximum absolute atomic E-state index is 5.75. The lowest BCUT2D eigenvalue weighted by atomic mass is 9.98. The number of nitrogens with zero attached hydrogens (tertiary/aromatic N) is 3. The van der Waals surface area contributed by atoms with Crippen molar-refractivity contribution in [2.24, 2.45) is 0 Å². The van der Waals surface area contributed by atoms with Gasteiger partial charge in [-0.2, -0.15) is 0 Å². The molecule has 2 aromatic heterocycles. The molecular formula is C22H24N4S. The summed E-state index contributed by atoms with van der Waals surface area (Å²) in [7, 11) is 0. The van der Waals surface area contributed by atoms with Crippen LogP contribution < -0.4 is 10.2 Å². The summed E-state index contributed by atoms with van der Waals surface area (Å²) in [6.07, 6.45) is 6.21. The Morgan fingerprint density at radius 2 is 1.85 bits per heavy atom. The van der Waals surface area contributed by atoms with E-state index >= 15 is 0 Å². The van der Waals surface area contributed by atoms with Gasteiger partial charge in [0.15, 0.2) is 5.11 Å². The monoisotopic (exact) mass is 376 g/mol. The van der Waals surface area contributed by atoms with Crippen molar-refractivity contribution < 1.29 is 0 Å². The molecule has 3 aromatic rings. The SMILES string of the molecule is Cc1ccc(N2C(=S)N[C@@H](c3ccccn3)[C@H]2c2ccn(C(C)C)c2)cc1. The van der Waals surface area contributed by atoms with E-state index in [-0.39, 0.29) is 12.1 Å². The summed E-state index contributed by atoms with van der Waals surface area (Å²) >= 11 is 5.75. The molecule has 0 amide bonds. The first-order chi connectivity index (χ1) is 13.0. The van der Waals surface area contributed by atoms with E-state index in [1.165, 1.54) is 11.1 Å². The van der Waals surface area contributed by atoms with E-state index in [1.54, 1.807) is 0 Å². The summed E-state index contributed by atoms with van der Waals surface area (Å²) in [6.45, 7) is 6.48. The molecule has 138 valence electrons. The summed E-state index contributed by atoms with van der Waals surface area (Å²) < 4.78 is 2.24. The van der Waals surface area contributed by atoms with Crippen molar-refractivity contribution in [3.05, 3.63) is 83.9 Å². The van der Waals surface area contributed by atoms with E-state index in [1.807, 2.05) is 18.3 Å². The molecule has 1 aliphatic rings. The summed E-state index contributed by atoms with van der Waals surface area (Å²) in [5.74, 6) is 0. The standard InChI is InChI=1S/C22H24N4S/c1-15(2)25-13-11-17(14-25)21-20(19-6-4-5-12-23-19)24-22(27)26(21)18-9-7-16(3)8-10-18/h4-15,20-21H,1-3H3,(H,24,27)/t20-,21+/m0/s1. The maximum atomic E-state index is 5.75. The van der Waals surface area contributed by atoms with Crippen LogP contribution in [0.2, 0.25) is 0 Å². The first kappa shape index (κ1) is 17.7. The minimum Gasteiger partial charge on any atom is -0.351 e. The number of pyridine rings is 1. The van der Waals surface area contributed by atoms with Crippen molar-refractivity contribution in [3.8, 4) is 0 Å². The highest BCUT2D eigenvalue weighted by Gasteiger charge is 2.41. The minimum absolute atomic E-state index is 0.00279. The van der Waals surface area contributed by atoms with Gasteiger partial charge in [-0.25, -0.2) is 0 Å². The molecule has 1 aliphatic heterocycles. The van der Waals surface area contributed by atoms with E-state index < -0.39 is 0 Å². The summed E-state index contributed by atoms with van der Waals surface area (Å²) in [5, 5.41) is 4.24. The predicted molar refractivity (Wildman–Crippen MR) is 114 cm³/mol. The molecule has 4 nitrogen and oxygen atoms in total. The fraction of sp³-hybridized carbons (Fsp3) is 0.273. The van der Waals surface area contributed by atoms with Gasteiger partial charge in [-0.15, -0.1) is 0 Å². The molecule has 27 heavy (non-hydrogen) atoms. The van der Waals surface area contributed by atoms with Crippen molar-refractivity contribution in [3.63, 3.8) is 0 Å². The second kappa shape index (κ2) is 7.16. The molecule has 0 bridgehead atoms. The predicted octanol–water partition coefficient (Wildman–Crippen LogP) is 4.95.